The number of anilines is 1. The Morgan fingerprint density at radius 1 is 0.767 bits per heavy atom. The first-order valence-corrected chi connectivity index (χ1v) is 14.3. The van der Waals surface area contributed by atoms with Crippen LogP contribution in [0.25, 0.3) is 0 Å². The Morgan fingerprint density at radius 3 is 1.84 bits per heavy atom. The maximum absolute atomic E-state index is 13.9. The van der Waals surface area contributed by atoms with E-state index in [0.29, 0.717) is 0 Å². The molecule has 0 saturated heterocycles. The highest BCUT2D eigenvalue weighted by Crippen LogP contribution is 2.39. The van der Waals surface area contributed by atoms with Gasteiger partial charge in [-0.3, -0.25) is 24.0 Å². The van der Waals surface area contributed by atoms with Crippen LogP contribution in [0.1, 0.15) is 59.5 Å². The second-order valence-corrected chi connectivity index (χ2v) is 10.8. The summed E-state index contributed by atoms with van der Waals surface area (Å²) in [5.74, 6) is -3.30. The first-order chi connectivity index (χ1) is 20.4. The number of ketones is 2. The van der Waals surface area contributed by atoms with E-state index in [2.05, 4.69) is 5.32 Å². The predicted molar refractivity (Wildman–Crippen MR) is 158 cm³/mol. The van der Waals surface area contributed by atoms with E-state index in [1.54, 1.807) is 33.8 Å². The van der Waals surface area contributed by atoms with Gasteiger partial charge in [0, 0.05) is 22.9 Å². The normalized spacial score (nSPS) is 13.6. The molecule has 0 spiro atoms. The lowest BCUT2D eigenvalue weighted by molar-refractivity contribution is -0.147. The smallest absolute Gasteiger partial charge is 0.323 e. The average molecular weight is 618 g/mol. The number of esters is 2. The lowest BCUT2D eigenvalue weighted by atomic mass is 9.82. The van der Waals surface area contributed by atoms with Crippen molar-refractivity contribution in [2.45, 2.75) is 39.8 Å². The number of amides is 1. The van der Waals surface area contributed by atoms with Gasteiger partial charge in [0.05, 0.1) is 11.1 Å². The number of carbonyl (C=O) groups excluding carboxylic acids is 5. The van der Waals surface area contributed by atoms with Gasteiger partial charge >= 0.3 is 11.9 Å². The SMILES string of the molecule is CC(C)[C@H](N)C(=O)OCCOc1cccc2c1C(=O)c1c(OCCOC(=O)[C@@H](N)C(C)C)cc(NC(=O)CCl)cc1C2=O. The molecule has 2 aromatic carbocycles. The van der Waals surface area contributed by atoms with Crippen molar-refractivity contribution >= 4 is 46.7 Å². The number of fused-ring (bicyclic) bond motifs is 2. The summed E-state index contributed by atoms with van der Waals surface area (Å²) >= 11 is 5.63. The summed E-state index contributed by atoms with van der Waals surface area (Å²) in [4.78, 5) is 63.6. The zero-order valence-electron chi connectivity index (χ0n) is 24.4. The van der Waals surface area contributed by atoms with E-state index in [-0.39, 0.29) is 83.6 Å². The molecule has 13 heteroatoms. The highest BCUT2D eigenvalue weighted by molar-refractivity contribution is 6.31. The van der Waals surface area contributed by atoms with E-state index < -0.39 is 41.5 Å². The number of hydrogen-bond donors (Lipinski definition) is 3. The number of carbonyl (C=O) groups is 5. The highest BCUT2D eigenvalue weighted by atomic mass is 35.5. The zero-order chi connectivity index (χ0) is 31.8. The summed E-state index contributed by atoms with van der Waals surface area (Å²) in [7, 11) is 0. The predicted octanol–water partition coefficient (Wildman–Crippen LogP) is 2.45. The molecule has 0 fully saturated rings. The highest BCUT2D eigenvalue weighted by Gasteiger charge is 2.36. The molecule has 1 amide bonds. The molecular formula is C30H36ClN3O9. The molecule has 2 atom stereocenters. The number of alkyl halides is 1. The van der Waals surface area contributed by atoms with Gasteiger partial charge in [0.1, 0.15) is 55.9 Å². The Balaban J connectivity index is 1.86. The fourth-order valence-electron chi connectivity index (χ4n) is 4.08. The molecule has 12 nitrogen and oxygen atoms in total. The fraction of sp³-hybridized carbons (Fsp3) is 0.433. The lowest BCUT2D eigenvalue weighted by Gasteiger charge is -2.23. The first kappa shape index (κ1) is 33.5. The molecule has 0 heterocycles. The van der Waals surface area contributed by atoms with Gasteiger partial charge in [-0.15, -0.1) is 11.6 Å². The summed E-state index contributed by atoms with van der Waals surface area (Å²) in [6, 6.07) is 5.70. The Hall–Kier alpha value is -4.00. The van der Waals surface area contributed by atoms with Crippen molar-refractivity contribution in [2.24, 2.45) is 23.3 Å². The number of benzene rings is 2. The van der Waals surface area contributed by atoms with E-state index in [1.165, 1.54) is 24.3 Å². The average Bonchev–Trinajstić information content (AvgIpc) is 2.98. The Morgan fingerprint density at radius 2 is 1.30 bits per heavy atom. The molecule has 1 aliphatic carbocycles. The molecule has 5 N–H and O–H groups in total. The van der Waals surface area contributed by atoms with Gasteiger partial charge in [0.15, 0.2) is 5.78 Å². The van der Waals surface area contributed by atoms with E-state index in [4.69, 9.17) is 42.0 Å². The van der Waals surface area contributed by atoms with Crippen molar-refractivity contribution in [3.05, 3.63) is 52.6 Å². The van der Waals surface area contributed by atoms with Crippen LogP contribution in [0.15, 0.2) is 30.3 Å². The third-order valence-electron chi connectivity index (χ3n) is 6.63. The molecule has 232 valence electrons. The molecule has 0 saturated carbocycles. The van der Waals surface area contributed by atoms with Crippen molar-refractivity contribution < 1.29 is 42.9 Å². The van der Waals surface area contributed by atoms with E-state index in [0.717, 1.165) is 0 Å². The summed E-state index contributed by atoms with van der Waals surface area (Å²) in [5.41, 5.74) is 11.8. The quantitative estimate of drug-likeness (QED) is 0.137. The molecule has 0 radical (unpaired) electrons. The second kappa shape index (κ2) is 14.9. The third kappa shape index (κ3) is 8.09. The van der Waals surface area contributed by atoms with Crippen LogP contribution in [-0.2, 0) is 23.9 Å². The number of rotatable bonds is 14. The van der Waals surface area contributed by atoms with E-state index in [1.807, 2.05) is 0 Å². The monoisotopic (exact) mass is 617 g/mol. The minimum atomic E-state index is -0.813. The Bertz CT molecular complexity index is 1390. The largest absolute Gasteiger partial charge is 0.489 e. The van der Waals surface area contributed by atoms with Crippen LogP contribution < -0.4 is 26.3 Å². The van der Waals surface area contributed by atoms with Gasteiger partial charge in [-0.25, -0.2) is 0 Å². The molecule has 2 aromatic rings. The van der Waals surface area contributed by atoms with Crippen LogP contribution in [0.2, 0.25) is 0 Å². The van der Waals surface area contributed by atoms with Gasteiger partial charge in [-0.05, 0) is 24.0 Å². The fourth-order valence-corrected chi connectivity index (χ4v) is 4.15. The van der Waals surface area contributed by atoms with Crippen LogP contribution in [0, 0.1) is 11.8 Å². The van der Waals surface area contributed by atoms with Gasteiger partial charge in [-0.1, -0.05) is 39.8 Å². The Kier molecular flexibility index (Phi) is 11.6. The molecule has 3 rings (SSSR count). The maximum Gasteiger partial charge on any atom is 0.323 e. The van der Waals surface area contributed by atoms with E-state index >= 15 is 0 Å². The van der Waals surface area contributed by atoms with Crippen molar-refractivity contribution in [1.82, 2.24) is 0 Å². The van der Waals surface area contributed by atoms with Gasteiger partial charge in [-0.2, -0.15) is 0 Å². The molecule has 43 heavy (non-hydrogen) atoms. The van der Waals surface area contributed by atoms with E-state index in [9.17, 15) is 24.0 Å². The molecule has 1 aliphatic rings. The summed E-state index contributed by atoms with van der Waals surface area (Å²) in [6.45, 7) is 6.56. The number of halogens is 1. The van der Waals surface area contributed by atoms with Crippen LogP contribution in [0.3, 0.4) is 0 Å². The minimum Gasteiger partial charge on any atom is -0.489 e. The van der Waals surface area contributed by atoms with Crippen LogP contribution in [0.5, 0.6) is 11.5 Å². The van der Waals surface area contributed by atoms with Crippen molar-refractivity contribution in [2.75, 3.05) is 37.6 Å². The number of hydrogen-bond acceptors (Lipinski definition) is 11. The molecule has 0 unspecified atom stereocenters. The summed E-state index contributed by atoms with van der Waals surface area (Å²) in [6.07, 6.45) is 0. The molecule has 0 bridgehead atoms. The maximum atomic E-state index is 13.9. The number of nitrogens with one attached hydrogen (secondary N) is 1. The number of nitrogens with two attached hydrogens (primary N) is 2. The molecule has 0 aromatic heterocycles. The van der Waals surface area contributed by atoms with Crippen LogP contribution in [-0.4, -0.2) is 73.8 Å². The number of ether oxygens (including phenoxy) is 4. The van der Waals surface area contributed by atoms with Crippen LogP contribution >= 0.6 is 11.6 Å². The van der Waals surface area contributed by atoms with Crippen LogP contribution in [0.4, 0.5) is 5.69 Å². The van der Waals surface area contributed by atoms with Crippen molar-refractivity contribution in [3.63, 3.8) is 0 Å². The lowest BCUT2D eigenvalue weighted by Crippen LogP contribution is -2.37. The summed E-state index contributed by atoms with van der Waals surface area (Å²) in [5, 5.41) is 2.56. The zero-order valence-corrected chi connectivity index (χ0v) is 25.2. The first-order valence-electron chi connectivity index (χ1n) is 13.7. The third-order valence-corrected chi connectivity index (χ3v) is 6.87. The minimum absolute atomic E-state index is 0.00179. The Labute approximate surface area is 254 Å². The van der Waals surface area contributed by atoms with Gasteiger partial charge in [0.2, 0.25) is 11.7 Å². The summed E-state index contributed by atoms with van der Waals surface area (Å²) < 4.78 is 21.9. The molecular weight excluding hydrogens is 582 g/mol. The standard InChI is InChI=1S/C30H36ClN3O9/c1-15(2)25(32)29(38)42-10-8-40-20-7-5-6-18-23(20)28(37)24-19(27(18)36)12-17(34-22(35)14-31)13-21(24)41-9-11-43-30(39)26(33)16(3)4/h5-7,12-13,15-16,25-26H,8-11,14,32-33H2,1-4H3,(H,34,35)/t25-,26-/m0/s1. The molecule has 0 aliphatic heterocycles. The van der Waals surface area contributed by atoms with Gasteiger partial charge < -0.3 is 35.7 Å². The van der Waals surface area contributed by atoms with Crippen molar-refractivity contribution in [3.8, 4) is 11.5 Å². The topological polar surface area (TPSA) is 186 Å². The van der Waals surface area contributed by atoms with Gasteiger partial charge in [0.25, 0.3) is 0 Å². The van der Waals surface area contributed by atoms with Crippen molar-refractivity contribution in [1.29, 1.82) is 0 Å². The second-order valence-electron chi connectivity index (χ2n) is 10.5.